The summed E-state index contributed by atoms with van der Waals surface area (Å²) in [7, 11) is 0. The number of nitrogens with one attached hydrogen (secondary N) is 1. The fourth-order valence-corrected chi connectivity index (χ4v) is 1.53. The molecule has 6 nitrogen and oxygen atoms in total. The Hall–Kier alpha value is -2.11. The highest BCUT2D eigenvalue weighted by atomic mass is 16.5. The van der Waals surface area contributed by atoms with Crippen molar-refractivity contribution in [3.05, 3.63) is 30.7 Å². The van der Waals surface area contributed by atoms with Gasteiger partial charge in [0.15, 0.2) is 0 Å². The standard InChI is InChI=1S/C12H17N5O/c1-2-18-11-5-8-14-12(16-11)13-6-3-9-17-10-4-7-15-17/h4-5,7-8,10H,2-3,6,9H2,1H3,(H,13,14,16). The fraction of sp³-hybridized carbons (Fsp3) is 0.417. The number of hydrogen-bond acceptors (Lipinski definition) is 5. The Labute approximate surface area is 106 Å². The molecule has 0 aliphatic rings. The third kappa shape index (κ3) is 3.73. The summed E-state index contributed by atoms with van der Waals surface area (Å²) in [5, 5.41) is 7.30. The van der Waals surface area contributed by atoms with E-state index in [-0.39, 0.29) is 0 Å². The lowest BCUT2D eigenvalue weighted by molar-refractivity contribution is 0.326. The van der Waals surface area contributed by atoms with Crippen LogP contribution in [0.5, 0.6) is 5.88 Å². The van der Waals surface area contributed by atoms with Gasteiger partial charge < -0.3 is 10.1 Å². The maximum atomic E-state index is 5.31. The van der Waals surface area contributed by atoms with E-state index in [0.717, 1.165) is 19.5 Å². The van der Waals surface area contributed by atoms with Gasteiger partial charge >= 0.3 is 0 Å². The molecule has 0 atom stereocenters. The minimum Gasteiger partial charge on any atom is -0.478 e. The molecular weight excluding hydrogens is 230 g/mol. The van der Waals surface area contributed by atoms with E-state index in [0.29, 0.717) is 18.4 Å². The summed E-state index contributed by atoms with van der Waals surface area (Å²) in [5.74, 6) is 1.20. The molecule has 0 aromatic carbocycles. The van der Waals surface area contributed by atoms with E-state index in [1.165, 1.54) is 0 Å². The molecule has 0 radical (unpaired) electrons. The average molecular weight is 247 g/mol. The lowest BCUT2D eigenvalue weighted by Gasteiger charge is -2.06. The molecule has 2 aromatic rings. The molecule has 0 unspecified atom stereocenters. The van der Waals surface area contributed by atoms with Crippen molar-refractivity contribution in [2.45, 2.75) is 19.9 Å². The van der Waals surface area contributed by atoms with E-state index >= 15 is 0 Å². The highest BCUT2D eigenvalue weighted by molar-refractivity contribution is 5.27. The molecule has 0 amide bonds. The van der Waals surface area contributed by atoms with Gasteiger partial charge in [-0.05, 0) is 19.4 Å². The monoisotopic (exact) mass is 247 g/mol. The van der Waals surface area contributed by atoms with Crippen LogP contribution in [0.1, 0.15) is 13.3 Å². The smallest absolute Gasteiger partial charge is 0.225 e. The van der Waals surface area contributed by atoms with Gasteiger partial charge in [-0.2, -0.15) is 10.1 Å². The third-order valence-corrected chi connectivity index (χ3v) is 2.33. The molecule has 6 heteroatoms. The Balaban J connectivity index is 1.74. The average Bonchev–Trinajstić information content (AvgIpc) is 2.89. The van der Waals surface area contributed by atoms with Gasteiger partial charge in [0.05, 0.1) is 6.61 Å². The van der Waals surface area contributed by atoms with Crippen molar-refractivity contribution in [3.63, 3.8) is 0 Å². The van der Waals surface area contributed by atoms with Gasteiger partial charge in [0.25, 0.3) is 0 Å². The van der Waals surface area contributed by atoms with E-state index in [1.807, 2.05) is 23.9 Å². The van der Waals surface area contributed by atoms with Crippen LogP contribution in [0.4, 0.5) is 5.95 Å². The SMILES string of the molecule is CCOc1ccnc(NCCCn2cccn2)n1. The normalized spacial score (nSPS) is 10.3. The zero-order valence-corrected chi connectivity index (χ0v) is 10.4. The van der Waals surface area contributed by atoms with Gasteiger partial charge in [0.1, 0.15) is 0 Å². The number of nitrogens with zero attached hydrogens (tertiary/aromatic N) is 4. The second kappa shape index (κ2) is 6.58. The molecule has 0 saturated heterocycles. The summed E-state index contributed by atoms with van der Waals surface area (Å²) < 4.78 is 7.21. The number of anilines is 1. The highest BCUT2D eigenvalue weighted by Gasteiger charge is 1.98. The zero-order valence-electron chi connectivity index (χ0n) is 10.4. The minimum atomic E-state index is 0.599. The van der Waals surface area contributed by atoms with Crippen molar-refractivity contribution >= 4 is 5.95 Å². The highest BCUT2D eigenvalue weighted by Crippen LogP contribution is 2.07. The molecule has 0 aliphatic heterocycles. The van der Waals surface area contributed by atoms with Crippen molar-refractivity contribution in [2.75, 3.05) is 18.5 Å². The fourth-order valence-electron chi connectivity index (χ4n) is 1.53. The van der Waals surface area contributed by atoms with E-state index in [2.05, 4.69) is 20.4 Å². The first-order valence-corrected chi connectivity index (χ1v) is 6.05. The van der Waals surface area contributed by atoms with Crippen molar-refractivity contribution in [1.82, 2.24) is 19.7 Å². The van der Waals surface area contributed by atoms with E-state index in [1.54, 1.807) is 18.5 Å². The summed E-state index contributed by atoms with van der Waals surface area (Å²) in [4.78, 5) is 8.36. The molecule has 0 spiro atoms. The predicted octanol–water partition coefficient (Wildman–Crippen LogP) is 1.57. The van der Waals surface area contributed by atoms with Gasteiger partial charge in [-0.25, -0.2) is 4.98 Å². The molecular formula is C12H17N5O. The van der Waals surface area contributed by atoms with Gasteiger partial charge in [-0.3, -0.25) is 4.68 Å². The summed E-state index contributed by atoms with van der Waals surface area (Å²) >= 11 is 0. The molecule has 0 bridgehead atoms. The molecule has 1 N–H and O–H groups in total. The lowest BCUT2D eigenvalue weighted by atomic mass is 10.4. The van der Waals surface area contributed by atoms with E-state index in [9.17, 15) is 0 Å². The van der Waals surface area contributed by atoms with Crippen molar-refractivity contribution in [2.24, 2.45) is 0 Å². The Kier molecular flexibility index (Phi) is 4.52. The summed E-state index contributed by atoms with van der Waals surface area (Å²) in [5.41, 5.74) is 0. The number of rotatable bonds is 7. The first-order valence-electron chi connectivity index (χ1n) is 6.05. The van der Waals surface area contributed by atoms with Crippen LogP contribution in [-0.4, -0.2) is 32.9 Å². The van der Waals surface area contributed by atoms with Crippen LogP contribution < -0.4 is 10.1 Å². The van der Waals surface area contributed by atoms with Crippen LogP contribution in [0.3, 0.4) is 0 Å². The molecule has 2 heterocycles. The third-order valence-electron chi connectivity index (χ3n) is 2.33. The van der Waals surface area contributed by atoms with E-state index < -0.39 is 0 Å². The molecule has 0 aliphatic carbocycles. The first-order chi connectivity index (χ1) is 8.88. The number of hydrogen-bond donors (Lipinski definition) is 1. The molecule has 2 aromatic heterocycles. The summed E-state index contributed by atoms with van der Waals surface area (Å²) in [6.45, 7) is 4.22. The molecule has 96 valence electrons. The van der Waals surface area contributed by atoms with Crippen LogP contribution >= 0.6 is 0 Å². The van der Waals surface area contributed by atoms with Crippen LogP contribution in [0.25, 0.3) is 0 Å². The Bertz CT molecular complexity index is 457. The van der Waals surface area contributed by atoms with Crippen molar-refractivity contribution in [1.29, 1.82) is 0 Å². The molecule has 18 heavy (non-hydrogen) atoms. The van der Waals surface area contributed by atoms with Gasteiger partial charge in [-0.15, -0.1) is 0 Å². The quantitative estimate of drug-likeness (QED) is 0.752. The Morgan fingerprint density at radius 3 is 3.11 bits per heavy atom. The predicted molar refractivity (Wildman–Crippen MR) is 68.5 cm³/mol. The zero-order chi connectivity index (χ0) is 12.6. The van der Waals surface area contributed by atoms with Crippen LogP contribution in [0, 0.1) is 0 Å². The van der Waals surface area contributed by atoms with Crippen molar-refractivity contribution in [3.8, 4) is 5.88 Å². The second-order valence-corrected chi connectivity index (χ2v) is 3.70. The van der Waals surface area contributed by atoms with Crippen LogP contribution in [-0.2, 0) is 6.54 Å². The van der Waals surface area contributed by atoms with Gasteiger partial charge in [0.2, 0.25) is 11.8 Å². The first kappa shape index (κ1) is 12.3. The van der Waals surface area contributed by atoms with Crippen LogP contribution in [0.15, 0.2) is 30.7 Å². The van der Waals surface area contributed by atoms with Crippen molar-refractivity contribution < 1.29 is 4.74 Å². The van der Waals surface area contributed by atoms with Gasteiger partial charge in [0, 0.05) is 37.7 Å². The second-order valence-electron chi connectivity index (χ2n) is 3.70. The maximum Gasteiger partial charge on any atom is 0.225 e. The number of aromatic nitrogens is 4. The molecule has 2 rings (SSSR count). The van der Waals surface area contributed by atoms with Crippen LogP contribution in [0.2, 0.25) is 0 Å². The number of ether oxygens (including phenoxy) is 1. The molecule has 0 saturated carbocycles. The summed E-state index contributed by atoms with van der Waals surface area (Å²) in [6, 6.07) is 3.67. The van der Waals surface area contributed by atoms with Gasteiger partial charge in [-0.1, -0.05) is 0 Å². The van der Waals surface area contributed by atoms with E-state index in [4.69, 9.17) is 4.74 Å². The number of aryl methyl sites for hydroxylation is 1. The maximum absolute atomic E-state index is 5.31. The Morgan fingerprint density at radius 1 is 1.39 bits per heavy atom. The minimum absolute atomic E-state index is 0.599. The topological polar surface area (TPSA) is 64.9 Å². The largest absolute Gasteiger partial charge is 0.478 e. The Morgan fingerprint density at radius 2 is 2.33 bits per heavy atom. The lowest BCUT2D eigenvalue weighted by Crippen LogP contribution is -2.09. The summed E-state index contributed by atoms with van der Waals surface area (Å²) in [6.07, 6.45) is 6.38. The molecule has 0 fully saturated rings.